The number of ether oxygens (including phenoxy) is 1. The maximum absolute atomic E-state index is 12.7. The fourth-order valence-corrected chi connectivity index (χ4v) is 7.39. The molecule has 0 aliphatic heterocycles. The summed E-state index contributed by atoms with van der Waals surface area (Å²) >= 11 is 0. The number of rotatable bonds is 2. The molecule has 0 N–H and O–H groups in total. The number of Topliss-reactive ketones (excluding diaryl/α,β-unsaturated/α-hetero) is 1. The molecule has 0 spiro atoms. The second-order valence-electron chi connectivity index (χ2n) is 10.4. The van der Waals surface area contributed by atoms with Gasteiger partial charge in [-0.15, -0.1) is 0 Å². The Bertz CT molecular complexity index is 856. The van der Waals surface area contributed by atoms with Gasteiger partial charge in [0.1, 0.15) is 11.9 Å². The highest BCUT2D eigenvalue weighted by molar-refractivity contribution is 5.89. The van der Waals surface area contributed by atoms with Crippen molar-refractivity contribution >= 4 is 11.8 Å². The zero-order valence-electron chi connectivity index (χ0n) is 17.7. The number of hydrogen-bond donors (Lipinski definition) is 0. The SMILES string of the molecule is C[C@]12CC[C@H]3[C@@H](CC=C4CC(=O)CC[C@@]43C)[C@@H]1CC[C@@H]2OC(=O)c1ccccc1. The Hall–Kier alpha value is -1.90. The largest absolute Gasteiger partial charge is 0.458 e. The van der Waals surface area contributed by atoms with Gasteiger partial charge >= 0.3 is 5.97 Å². The number of ketones is 1. The van der Waals surface area contributed by atoms with E-state index in [-0.39, 0.29) is 22.9 Å². The molecule has 0 radical (unpaired) electrons. The summed E-state index contributed by atoms with van der Waals surface area (Å²) in [6.07, 6.45) is 10.4. The smallest absolute Gasteiger partial charge is 0.338 e. The molecular formula is C26H32O3. The van der Waals surface area contributed by atoms with Crippen LogP contribution in [-0.2, 0) is 9.53 Å². The lowest BCUT2D eigenvalue weighted by Gasteiger charge is -2.57. The highest BCUT2D eigenvalue weighted by Gasteiger charge is 2.59. The van der Waals surface area contributed by atoms with Crippen molar-refractivity contribution in [3.05, 3.63) is 47.5 Å². The summed E-state index contributed by atoms with van der Waals surface area (Å²) in [5, 5.41) is 0. The Labute approximate surface area is 173 Å². The van der Waals surface area contributed by atoms with Crippen LogP contribution in [0.25, 0.3) is 0 Å². The third kappa shape index (κ3) is 2.92. The summed E-state index contributed by atoms with van der Waals surface area (Å²) in [6, 6.07) is 9.39. The molecule has 0 bridgehead atoms. The van der Waals surface area contributed by atoms with Crippen molar-refractivity contribution in [3.63, 3.8) is 0 Å². The minimum atomic E-state index is -0.178. The van der Waals surface area contributed by atoms with E-state index in [1.807, 2.05) is 30.3 Å². The Morgan fingerprint density at radius 3 is 2.62 bits per heavy atom. The van der Waals surface area contributed by atoms with Crippen molar-refractivity contribution in [2.75, 3.05) is 0 Å². The predicted molar refractivity (Wildman–Crippen MR) is 112 cm³/mol. The molecule has 0 unspecified atom stereocenters. The van der Waals surface area contributed by atoms with Gasteiger partial charge in [0.25, 0.3) is 0 Å². The molecule has 4 aliphatic rings. The van der Waals surface area contributed by atoms with Crippen LogP contribution in [0.3, 0.4) is 0 Å². The van der Waals surface area contributed by atoms with Gasteiger partial charge in [-0.25, -0.2) is 4.79 Å². The van der Waals surface area contributed by atoms with Crippen LogP contribution in [0.5, 0.6) is 0 Å². The first-order valence-electron chi connectivity index (χ1n) is 11.4. The molecule has 3 saturated carbocycles. The van der Waals surface area contributed by atoms with Crippen molar-refractivity contribution in [1.82, 2.24) is 0 Å². The summed E-state index contributed by atoms with van der Waals surface area (Å²) in [4.78, 5) is 24.7. The first kappa shape index (κ1) is 19.1. The molecule has 6 atom stereocenters. The van der Waals surface area contributed by atoms with Gasteiger partial charge < -0.3 is 4.74 Å². The predicted octanol–water partition coefficient (Wildman–Crippen LogP) is 5.74. The summed E-state index contributed by atoms with van der Waals surface area (Å²) in [7, 11) is 0. The van der Waals surface area contributed by atoms with Crippen LogP contribution in [-0.4, -0.2) is 17.9 Å². The van der Waals surface area contributed by atoms with E-state index < -0.39 is 0 Å². The molecule has 3 nitrogen and oxygen atoms in total. The van der Waals surface area contributed by atoms with Crippen LogP contribution in [0, 0.1) is 28.6 Å². The zero-order chi connectivity index (χ0) is 20.2. The standard InChI is InChI=1S/C26H32O3/c1-25-14-12-19(27)16-18(25)8-9-20-21-10-11-23(26(21,2)15-13-22(20)25)29-24(28)17-6-4-3-5-7-17/h3-8,20-23H,9-16H2,1-2H3/t20-,21-,22-,23-,25-,26-/m0/s1. The second kappa shape index (κ2) is 6.82. The monoisotopic (exact) mass is 392 g/mol. The van der Waals surface area contributed by atoms with Crippen molar-refractivity contribution in [2.45, 2.75) is 71.3 Å². The number of allylic oxidation sites excluding steroid dienone is 2. The lowest BCUT2D eigenvalue weighted by atomic mass is 9.48. The van der Waals surface area contributed by atoms with Crippen molar-refractivity contribution in [3.8, 4) is 0 Å². The van der Waals surface area contributed by atoms with E-state index in [2.05, 4.69) is 19.9 Å². The minimum Gasteiger partial charge on any atom is -0.458 e. The van der Waals surface area contributed by atoms with E-state index in [1.54, 1.807) is 0 Å². The maximum atomic E-state index is 12.7. The molecule has 0 amide bonds. The Morgan fingerprint density at radius 2 is 1.83 bits per heavy atom. The topological polar surface area (TPSA) is 43.4 Å². The van der Waals surface area contributed by atoms with Gasteiger partial charge in [0, 0.05) is 18.3 Å². The number of benzene rings is 1. The highest BCUT2D eigenvalue weighted by atomic mass is 16.5. The lowest BCUT2D eigenvalue weighted by Crippen LogP contribution is -2.51. The average Bonchev–Trinajstić information content (AvgIpc) is 3.05. The Balaban J connectivity index is 1.37. The Kier molecular flexibility index (Phi) is 4.49. The number of fused-ring (bicyclic) bond motifs is 5. The zero-order valence-corrected chi connectivity index (χ0v) is 17.7. The molecule has 1 aromatic carbocycles. The summed E-state index contributed by atoms with van der Waals surface area (Å²) in [5.74, 6) is 2.19. The normalized spacial score (nSPS) is 41.0. The van der Waals surface area contributed by atoms with Gasteiger partial charge in [0.15, 0.2) is 0 Å². The van der Waals surface area contributed by atoms with Gasteiger partial charge in [0.2, 0.25) is 0 Å². The van der Waals surface area contributed by atoms with Gasteiger partial charge in [-0.3, -0.25) is 4.79 Å². The van der Waals surface area contributed by atoms with E-state index in [1.165, 1.54) is 12.0 Å². The number of carbonyl (C=O) groups is 2. The first-order valence-corrected chi connectivity index (χ1v) is 11.4. The molecule has 3 fully saturated rings. The molecule has 0 saturated heterocycles. The lowest BCUT2D eigenvalue weighted by molar-refractivity contribution is -0.122. The van der Waals surface area contributed by atoms with Gasteiger partial charge in [-0.05, 0) is 73.8 Å². The molecule has 4 aliphatic carbocycles. The first-order chi connectivity index (χ1) is 13.9. The van der Waals surface area contributed by atoms with Crippen LogP contribution in [0.2, 0.25) is 0 Å². The summed E-state index contributed by atoms with van der Waals surface area (Å²) in [5.41, 5.74) is 2.36. The van der Waals surface area contributed by atoms with E-state index in [0.29, 0.717) is 35.5 Å². The van der Waals surface area contributed by atoms with Crippen molar-refractivity contribution in [2.24, 2.45) is 28.6 Å². The van der Waals surface area contributed by atoms with Crippen molar-refractivity contribution < 1.29 is 14.3 Å². The second-order valence-corrected chi connectivity index (χ2v) is 10.4. The third-order valence-corrected chi connectivity index (χ3v) is 9.11. The molecular weight excluding hydrogens is 360 g/mol. The van der Waals surface area contributed by atoms with Crippen LogP contribution < -0.4 is 0 Å². The Morgan fingerprint density at radius 1 is 1.03 bits per heavy atom. The van der Waals surface area contributed by atoms with E-state index in [0.717, 1.165) is 38.5 Å². The van der Waals surface area contributed by atoms with Gasteiger partial charge in [-0.1, -0.05) is 43.7 Å². The van der Waals surface area contributed by atoms with Crippen LogP contribution in [0.4, 0.5) is 0 Å². The number of carbonyl (C=O) groups excluding carboxylic acids is 2. The van der Waals surface area contributed by atoms with E-state index in [9.17, 15) is 9.59 Å². The molecule has 0 heterocycles. The highest BCUT2D eigenvalue weighted by Crippen LogP contribution is 2.65. The molecule has 1 aromatic rings. The summed E-state index contributed by atoms with van der Waals surface area (Å²) < 4.78 is 6.10. The van der Waals surface area contributed by atoms with Crippen LogP contribution >= 0.6 is 0 Å². The van der Waals surface area contributed by atoms with Gasteiger partial charge in [-0.2, -0.15) is 0 Å². The average molecular weight is 393 g/mol. The fourth-order valence-electron chi connectivity index (χ4n) is 7.39. The maximum Gasteiger partial charge on any atom is 0.338 e. The van der Waals surface area contributed by atoms with Gasteiger partial charge in [0.05, 0.1) is 5.56 Å². The third-order valence-electron chi connectivity index (χ3n) is 9.11. The van der Waals surface area contributed by atoms with Crippen molar-refractivity contribution in [1.29, 1.82) is 0 Å². The minimum absolute atomic E-state index is 0.0206. The van der Waals surface area contributed by atoms with Crippen LogP contribution in [0.1, 0.15) is 75.6 Å². The fraction of sp³-hybridized carbons (Fsp3) is 0.615. The number of hydrogen-bond acceptors (Lipinski definition) is 3. The molecule has 154 valence electrons. The van der Waals surface area contributed by atoms with E-state index >= 15 is 0 Å². The van der Waals surface area contributed by atoms with E-state index in [4.69, 9.17) is 4.74 Å². The number of esters is 1. The molecule has 5 rings (SSSR count). The summed E-state index contributed by atoms with van der Waals surface area (Å²) in [6.45, 7) is 4.79. The quantitative estimate of drug-likeness (QED) is 0.476. The van der Waals surface area contributed by atoms with Crippen LogP contribution in [0.15, 0.2) is 42.0 Å². The molecule has 0 aromatic heterocycles. The molecule has 3 heteroatoms. The molecule has 29 heavy (non-hydrogen) atoms.